The van der Waals surface area contributed by atoms with Gasteiger partial charge in [0.05, 0.1) is 12.4 Å². The molecule has 4 heteroatoms. The van der Waals surface area contributed by atoms with Crippen LogP contribution in [-0.2, 0) is 5.41 Å². The number of nitrogens with two attached hydrogens (primary N) is 1. The molecule has 0 aliphatic rings. The van der Waals surface area contributed by atoms with E-state index in [4.69, 9.17) is 5.73 Å². The number of nitrogen functional groups attached to an aromatic ring is 1. The van der Waals surface area contributed by atoms with E-state index in [1.54, 1.807) is 6.20 Å². The maximum absolute atomic E-state index is 5.62. The Morgan fingerprint density at radius 1 is 1.11 bits per heavy atom. The highest BCUT2D eigenvalue weighted by molar-refractivity contribution is 5.62. The molecule has 0 radical (unpaired) electrons. The van der Waals surface area contributed by atoms with E-state index >= 15 is 0 Å². The summed E-state index contributed by atoms with van der Waals surface area (Å²) in [5, 5.41) is 3.27. The number of hydrogen-bond acceptors (Lipinski definition) is 4. The van der Waals surface area contributed by atoms with Crippen molar-refractivity contribution in [2.24, 2.45) is 0 Å². The normalized spacial score (nSPS) is 11.3. The molecule has 3 N–H and O–H groups in total. The summed E-state index contributed by atoms with van der Waals surface area (Å²) in [4.78, 5) is 8.22. The summed E-state index contributed by atoms with van der Waals surface area (Å²) in [6, 6.07) is 8.18. The summed E-state index contributed by atoms with van der Waals surface area (Å²) in [5.41, 5.74) is 7.95. The molecule has 0 unspecified atom stereocenters. The van der Waals surface area contributed by atoms with E-state index < -0.39 is 0 Å². The minimum atomic E-state index is 0.0668. The van der Waals surface area contributed by atoms with E-state index in [1.165, 1.54) is 11.8 Å². The monoisotopic (exact) mass is 242 g/mol. The van der Waals surface area contributed by atoms with Gasteiger partial charge in [-0.3, -0.25) is 4.98 Å². The van der Waals surface area contributed by atoms with Gasteiger partial charge < -0.3 is 11.1 Å². The van der Waals surface area contributed by atoms with Gasteiger partial charge in [-0.2, -0.15) is 0 Å². The van der Waals surface area contributed by atoms with Gasteiger partial charge in [-0.05, 0) is 17.0 Å². The Morgan fingerprint density at radius 2 is 1.83 bits per heavy atom. The summed E-state index contributed by atoms with van der Waals surface area (Å²) < 4.78 is 0. The summed E-state index contributed by atoms with van der Waals surface area (Å²) in [5.74, 6) is 1.07. The molecule has 4 nitrogen and oxygen atoms in total. The lowest BCUT2D eigenvalue weighted by atomic mass is 9.86. The molecule has 1 aromatic carbocycles. The first-order chi connectivity index (χ1) is 8.47. The Labute approximate surface area is 107 Å². The highest BCUT2D eigenvalue weighted by Gasteiger charge is 2.17. The maximum Gasteiger partial charge on any atom is 0.151 e. The molecule has 0 bridgehead atoms. The van der Waals surface area contributed by atoms with Crippen LogP contribution >= 0.6 is 0 Å². The predicted octanol–water partition coefficient (Wildman–Crippen LogP) is 3.10. The summed E-state index contributed by atoms with van der Waals surface area (Å²) in [7, 11) is 0. The van der Waals surface area contributed by atoms with Gasteiger partial charge in [0.2, 0.25) is 0 Å². The average molecular weight is 242 g/mol. The number of rotatable bonds is 2. The van der Waals surface area contributed by atoms with E-state index in [2.05, 4.69) is 42.1 Å². The van der Waals surface area contributed by atoms with Crippen LogP contribution in [0.1, 0.15) is 26.3 Å². The number of anilines is 3. The molecule has 94 valence electrons. The van der Waals surface area contributed by atoms with E-state index in [1.807, 2.05) is 18.2 Å². The van der Waals surface area contributed by atoms with Gasteiger partial charge in [0, 0.05) is 5.69 Å². The van der Waals surface area contributed by atoms with Crippen LogP contribution in [0.5, 0.6) is 0 Å². The van der Waals surface area contributed by atoms with E-state index in [9.17, 15) is 0 Å². The standard InChI is InChI=1S/C14H18N4/c1-14(2,3)10-6-4-5-7-11(10)17-13-9-16-8-12(15)18-13/h4-9H,1-3H3,(H3,15,17,18). The van der Waals surface area contributed by atoms with Gasteiger partial charge in [0.25, 0.3) is 0 Å². The third kappa shape index (κ3) is 2.77. The zero-order valence-corrected chi connectivity index (χ0v) is 10.9. The van der Waals surface area contributed by atoms with Gasteiger partial charge in [-0.15, -0.1) is 0 Å². The Bertz CT molecular complexity index is 543. The third-order valence-electron chi connectivity index (χ3n) is 2.65. The minimum Gasteiger partial charge on any atom is -0.382 e. The van der Waals surface area contributed by atoms with Crippen LogP contribution in [0.2, 0.25) is 0 Å². The number of benzene rings is 1. The lowest BCUT2D eigenvalue weighted by molar-refractivity contribution is 0.592. The lowest BCUT2D eigenvalue weighted by Gasteiger charge is -2.23. The number of hydrogen-bond donors (Lipinski definition) is 2. The van der Waals surface area contributed by atoms with Crippen molar-refractivity contribution >= 4 is 17.3 Å². The molecule has 18 heavy (non-hydrogen) atoms. The summed E-state index contributed by atoms with van der Waals surface area (Å²) in [6.07, 6.45) is 3.19. The Kier molecular flexibility index (Phi) is 3.19. The molecule has 2 rings (SSSR count). The lowest BCUT2D eigenvalue weighted by Crippen LogP contribution is -2.13. The van der Waals surface area contributed by atoms with Gasteiger partial charge >= 0.3 is 0 Å². The van der Waals surface area contributed by atoms with Crippen molar-refractivity contribution in [1.82, 2.24) is 9.97 Å². The fourth-order valence-corrected chi connectivity index (χ4v) is 1.83. The van der Waals surface area contributed by atoms with Crippen LogP contribution in [0, 0.1) is 0 Å². The number of para-hydroxylation sites is 1. The molecule has 0 atom stereocenters. The molecule has 0 amide bonds. The molecule has 1 heterocycles. The second kappa shape index (κ2) is 4.64. The van der Waals surface area contributed by atoms with Crippen LogP contribution in [0.4, 0.5) is 17.3 Å². The molecule has 1 aromatic heterocycles. The van der Waals surface area contributed by atoms with Gasteiger partial charge in [0.15, 0.2) is 5.82 Å². The quantitative estimate of drug-likeness (QED) is 0.849. The molecule has 0 aliphatic heterocycles. The largest absolute Gasteiger partial charge is 0.382 e. The molecular weight excluding hydrogens is 224 g/mol. The first-order valence-corrected chi connectivity index (χ1v) is 5.91. The van der Waals surface area contributed by atoms with E-state index in [0.29, 0.717) is 11.6 Å². The zero-order chi connectivity index (χ0) is 13.2. The highest BCUT2D eigenvalue weighted by Crippen LogP contribution is 2.30. The fourth-order valence-electron chi connectivity index (χ4n) is 1.83. The van der Waals surface area contributed by atoms with Crippen molar-refractivity contribution in [1.29, 1.82) is 0 Å². The number of aromatic nitrogens is 2. The molecule has 0 aliphatic carbocycles. The van der Waals surface area contributed by atoms with Crippen LogP contribution in [0.3, 0.4) is 0 Å². The number of nitrogens with zero attached hydrogens (tertiary/aromatic N) is 2. The first-order valence-electron chi connectivity index (χ1n) is 5.91. The van der Waals surface area contributed by atoms with Gasteiger partial charge in [-0.25, -0.2) is 4.98 Å². The van der Waals surface area contributed by atoms with Crippen molar-refractivity contribution in [2.75, 3.05) is 11.1 Å². The zero-order valence-electron chi connectivity index (χ0n) is 10.9. The van der Waals surface area contributed by atoms with Crippen molar-refractivity contribution in [3.63, 3.8) is 0 Å². The molecule has 0 fully saturated rings. The Morgan fingerprint density at radius 3 is 2.50 bits per heavy atom. The highest BCUT2D eigenvalue weighted by atomic mass is 15.0. The predicted molar refractivity (Wildman–Crippen MR) is 74.9 cm³/mol. The van der Waals surface area contributed by atoms with Crippen molar-refractivity contribution < 1.29 is 0 Å². The van der Waals surface area contributed by atoms with E-state index in [-0.39, 0.29) is 5.41 Å². The van der Waals surface area contributed by atoms with Gasteiger partial charge in [0.1, 0.15) is 5.82 Å². The summed E-state index contributed by atoms with van der Waals surface area (Å²) >= 11 is 0. The Hall–Kier alpha value is -2.10. The van der Waals surface area contributed by atoms with Crippen LogP contribution < -0.4 is 11.1 Å². The third-order valence-corrected chi connectivity index (χ3v) is 2.65. The van der Waals surface area contributed by atoms with E-state index in [0.717, 1.165) is 5.69 Å². The summed E-state index contributed by atoms with van der Waals surface area (Å²) in [6.45, 7) is 6.54. The first kappa shape index (κ1) is 12.4. The second-order valence-electron chi connectivity index (χ2n) is 5.25. The molecular formula is C14H18N4. The molecule has 0 saturated heterocycles. The number of nitrogens with one attached hydrogen (secondary N) is 1. The van der Waals surface area contributed by atoms with Gasteiger partial charge in [-0.1, -0.05) is 39.0 Å². The van der Waals surface area contributed by atoms with Crippen LogP contribution in [-0.4, -0.2) is 9.97 Å². The molecule has 2 aromatic rings. The Balaban J connectivity index is 2.35. The minimum absolute atomic E-state index is 0.0668. The topological polar surface area (TPSA) is 63.8 Å². The van der Waals surface area contributed by atoms with Crippen LogP contribution in [0.25, 0.3) is 0 Å². The molecule has 0 spiro atoms. The van der Waals surface area contributed by atoms with Crippen molar-refractivity contribution in [3.8, 4) is 0 Å². The fraction of sp³-hybridized carbons (Fsp3) is 0.286. The SMILES string of the molecule is CC(C)(C)c1ccccc1Nc1cncc(N)n1. The average Bonchev–Trinajstić information content (AvgIpc) is 2.28. The second-order valence-corrected chi connectivity index (χ2v) is 5.25. The maximum atomic E-state index is 5.62. The van der Waals surface area contributed by atoms with Crippen molar-refractivity contribution in [2.45, 2.75) is 26.2 Å². The van der Waals surface area contributed by atoms with Crippen molar-refractivity contribution in [3.05, 3.63) is 42.2 Å². The van der Waals surface area contributed by atoms with Crippen LogP contribution in [0.15, 0.2) is 36.7 Å². The molecule has 0 saturated carbocycles. The smallest absolute Gasteiger partial charge is 0.151 e.